The van der Waals surface area contributed by atoms with Crippen LogP contribution in [0.2, 0.25) is 0 Å². The number of hydrogen-bond acceptors (Lipinski definition) is 7. The van der Waals surface area contributed by atoms with Crippen molar-refractivity contribution in [1.29, 1.82) is 0 Å². The zero-order chi connectivity index (χ0) is 25.1. The van der Waals surface area contributed by atoms with Crippen molar-refractivity contribution in [3.63, 3.8) is 0 Å². The highest BCUT2D eigenvalue weighted by Crippen LogP contribution is 2.30. The molecule has 0 radical (unpaired) electrons. The fraction of sp³-hybridized carbons (Fsp3) is 0.409. The molecule has 1 amide bonds. The van der Waals surface area contributed by atoms with Crippen LogP contribution < -0.4 is 14.4 Å². The van der Waals surface area contributed by atoms with E-state index in [0.29, 0.717) is 5.69 Å². The van der Waals surface area contributed by atoms with Gasteiger partial charge in [0.25, 0.3) is 0 Å². The van der Waals surface area contributed by atoms with Crippen LogP contribution in [-0.2, 0) is 29.6 Å². The number of carbonyl (C=O) groups excluding carboxylic acids is 1. The third-order valence-electron chi connectivity index (χ3n) is 5.57. The van der Waals surface area contributed by atoms with Gasteiger partial charge in [-0.05, 0) is 49.2 Å². The zero-order valence-electron chi connectivity index (χ0n) is 19.6. The summed E-state index contributed by atoms with van der Waals surface area (Å²) in [5.74, 6) is -0.483. The van der Waals surface area contributed by atoms with Gasteiger partial charge in [0.05, 0.1) is 32.3 Å². The number of carbonyl (C=O) groups is 1. The van der Waals surface area contributed by atoms with Crippen molar-refractivity contribution in [2.75, 3.05) is 55.8 Å². The Morgan fingerprint density at radius 2 is 1.79 bits per heavy atom. The van der Waals surface area contributed by atoms with Gasteiger partial charge in [-0.2, -0.15) is 4.31 Å². The maximum atomic E-state index is 13.2. The van der Waals surface area contributed by atoms with Crippen molar-refractivity contribution in [3.05, 3.63) is 47.5 Å². The summed E-state index contributed by atoms with van der Waals surface area (Å²) in [6, 6.07) is 9.47. The molecule has 1 saturated heterocycles. The molecular weight excluding hydrogens is 482 g/mol. The fourth-order valence-electron chi connectivity index (χ4n) is 3.60. The smallest absolute Gasteiger partial charge is 0.246 e. The van der Waals surface area contributed by atoms with Gasteiger partial charge in [-0.1, -0.05) is 12.1 Å². The average molecular weight is 512 g/mol. The lowest BCUT2D eigenvalue weighted by Gasteiger charge is -2.27. The van der Waals surface area contributed by atoms with Crippen molar-refractivity contribution in [2.24, 2.45) is 0 Å². The van der Waals surface area contributed by atoms with Gasteiger partial charge in [-0.3, -0.25) is 9.10 Å². The lowest BCUT2D eigenvalue weighted by molar-refractivity contribution is -0.114. The van der Waals surface area contributed by atoms with Gasteiger partial charge in [0.15, 0.2) is 0 Å². The highest BCUT2D eigenvalue weighted by Gasteiger charge is 2.30. The Labute approximate surface area is 200 Å². The van der Waals surface area contributed by atoms with Gasteiger partial charge >= 0.3 is 0 Å². The number of aryl methyl sites for hydroxylation is 1. The van der Waals surface area contributed by atoms with E-state index < -0.39 is 32.5 Å². The van der Waals surface area contributed by atoms with Gasteiger partial charge in [-0.15, -0.1) is 0 Å². The zero-order valence-corrected chi connectivity index (χ0v) is 21.2. The number of nitrogens with zero attached hydrogens (tertiary/aromatic N) is 2. The molecule has 1 aliphatic heterocycles. The van der Waals surface area contributed by atoms with Crippen LogP contribution in [0.15, 0.2) is 41.3 Å². The van der Waals surface area contributed by atoms with Crippen LogP contribution in [0.4, 0.5) is 11.4 Å². The molecule has 0 unspecified atom stereocenters. The third-order valence-corrected chi connectivity index (χ3v) is 8.61. The molecule has 0 aromatic heterocycles. The summed E-state index contributed by atoms with van der Waals surface area (Å²) < 4.78 is 64.0. The van der Waals surface area contributed by atoms with E-state index in [0.717, 1.165) is 21.7 Å². The van der Waals surface area contributed by atoms with Crippen LogP contribution in [0.1, 0.15) is 11.1 Å². The molecule has 2 aromatic carbocycles. The molecule has 0 bridgehead atoms. The van der Waals surface area contributed by atoms with E-state index >= 15 is 0 Å². The SMILES string of the molecule is COc1ccc(NC(=O)CN(c2cccc(C)c2C)S(C)(=O)=O)cc1S(=O)(=O)N1CCOCC1. The van der Waals surface area contributed by atoms with E-state index in [4.69, 9.17) is 9.47 Å². The van der Waals surface area contributed by atoms with E-state index in [1.807, 2.05) is 13.0 Å². The standard InChI is InChI=1S/C22H29N3O7S2/c1-16-6-5-7-19(17(16)2)25(33(4,27)28)15-22(26)23-18-8-9-20(31-3)21(14-18)34(29,30)24-10-12-32-13-11-24/h5-9,14H,10-13,15H2,1-4H3,(H,23,26). The molecule has 10 nitrogen and oxygen atoms in total. The number of ether oxygens (including phenoxy) is 2. The van der Waals surface area contributed by atoms with Gasteiger partial charge in [0, 0.05) is 18.8 Å². The number of nitrogens with one attached hydrogen (secondary N) is 1. The Morgan fingerprint density at radius 3 is 2.41 bits per heavy atom. The van der Waals surface area contributed by atoms with Crippen molar-refractivity contribution < 1.29 is 31.1 Å². The quantitative estimate of drug-likeness (QED) is 0.573. The van der Waals surface area contributed by atoms with Crippen LogP contribution >= 0.6 is 0 Å². The van der Waals surface area contributed by atoms with Crippen molar-refractivity contribution in [3.8, 4) is 5.75 Å². The van der Waals surface area contributed by atoms with Gasteiger partial charge in [0.2, 0.25) is 26.0 Å². The number of sulfonamides is 2. The topological polar surface area (TPSA) is 122 Å². The minimum atomic E-state index is -3.89. The molecule has 1 heterocycles. The second-order valence-electron chi connectivity index (χ2n) is 7.92. The monoisotopic (exact) mass is 511 g/mol. The number of anilines is 2. The summed E-state index contributed by atoms with van der Waals surface area (Å²) in [5.41, 5.74) is 2.23. The Morgan fingerprint density at radius 1 is 1.12 bits per heavy atom. The lowest BCUT2D eigenvalue weighted by Crippen LogP contribution is -2.40. The van der Waals surface area contributed by atoms with Crippen molar-refractivity contribution in [2.45, 2.75) is 18.7 Å². The maximum Gasteiger partial charge on any atom is 0.246 e. The molecule has 1 aliphatic rings. The molecule has 0 spiro atoms. The van der Waals surface area contributed by atoms with Crippen molar-refractivity contribution >= 4 is 37.3 Å². The highest BCUT2D eigenvalue weighted by molar-refractivity contribution is 7.92. The second kappa shape index (κ2) is 10.3. The summed E-state index contributed by atoms with van der Waals surface area (Å²) in [7, 11) is -6.29. The molecule has 1 N–H and O–H groups in total. The van der Waals surface area contributed by atoms with Gasteiger partial charge < -0.3 is 14.8 Å². The Hall–Kier alpha value is -2.67. The molecule has 0 aliphatic carbocycles. The Kier molecular flexibility index (Phi) is 7.86. The Bertz CT molecular complexity index is 1270. The summed E-state index contributed by atoms with van der Waals surface area (Å²) in [4.78, 5) is 12.7. The summed E-state index contributed by atoms with van der Waals surface area (Å²) >= 11 is 0. The van der Waals surface area contributed by atoms with Crippen LogP contribution in [0.25, 0.3) is 0 Å². The number of amides is 1. The van der Waals surface area contributed by atoms with E-state index in [9.17, 15) is 21.6 Å². The van der Waals surface area contributed by atoms with Crippen LogP contribution in [0.3, 0.4) is 0 Å². The summed E-state index contributed by atoms with van der Waals surface area (Å²) in [6.07, 6.45) is 1.03. The first-order valence-electron chi connectivity index (χ1n) is 10.5. The largest absolute Gasteiger partial charge is 0.495 e. The van der Waals surface area contributed by atoms with Crippen LogP contribution in [0.5, 0.6) is 5.75 Å². The van der Waals surface area contributed by atoms with Crippen LogP contribution in [-0.4, -0.2) is 73.3 Å². The van der Waals surface area contributed by atoms with Crippen LogP contribution in [0, 0.1) is 13.8 Å². The molecule has 0 saturated carbocycles. The van der Waals surface area contributed by atoms with E-state index in [1.165, 1.54) is 29.6 Å². The second-order valence-corrected chi connectivity index (χ2v) is 11.7. The molecule has 3 rings (SSSR count). The fourth-order valence-corrected chi connectivity index (χ4v) is 6.10. The molecule has 2 aromatic rings. The van der Waals surface area contributed by atoms with E-state index in [1.54, 1.807) is 19.1 Å². The van der Waals surface area contributed by atoms with E-state index in [-0.39, 0.29) is 42.6 Å². The number of methoxy groups -OCH3 is 1. The normalized spacial score (nSPS) is 15.1. The first-order valence-corrected chi connectivity index (χ1v) is 13.8. The molecule has 0 atom stereocenters. The highest BCUT2D eigenvalue weighted by atomic mass is 32.2. The molecule has 34 heavy (non-hydrogen) atoms. The summed E-state index contributed by atoms with van der Waals surface area (Å²) in [6.45, 7) is 4.17. The van der Waals surface area contributed by atoms with Gasteiger partial charge in [0.1, 0.15) is 17.2 Å². The predicted octanol–water partition coefficient (Wildman–Crippen LogP) is 1.74. The first-order chi connectivity index (χ1) is 15.9. The Balaban J connectivity index is 1.88. The van der Waals surface area contributed by atoms with E-state index in [2.05, 4.69) is 5.32 Å². The molecule has 1 fully saturated rings. The first kappa shape index (κ1) is 25.9. The minimum absolute atomic E-state index is 0.0933. The van der Waals surface area contributed by atoms with Gasteiger partial charge in [-0.25, -0.2) is 16.8 Å². The van der Waals surface area contributed by atoms with Crippen molar-refractivity contribution in [1.82, 2.24) is 4.31 Å². The number of benzene rings is 2. The predicted molar refractivity (Wildman–Crippen MR) is 129 cm³/mol. The molecule has 12 heteroatoms. The third kappa shape index (κ3) is 5.69. The molecule has 186 valence electrons. The summed E-state index contributed by atoms with van der Waals surface area (Å²) in [5, 5.41) is 2.61. The average Bonchev–Trinajstić information content (AvgIpc) is 2.79. The minimum Gasteiger partial charge on any atom is -0.495 e. The number of morpholine rings is 1. The lowest BCUT2D eigenvalue weighted by atomic mass is 10.1. The number of rotatable bonds is 8. The number of hydrogen-bond donors (Lipinski definition) is 1. The maximum absolute atomic E-state index is 13.2. The molecular formula is C22H29N3O7S2.